The highest BCUT2D eigenvalue weighted by atomic mass is 16.5. The molecule has 3 rings (SSSR count). The topological polar surface area (TPSA) is 102 Å². The summed E-state index contributed by atoms with van der Waals surface area (Å²) in [5, 5.41) is 13.8. The molecule has 8 heteroatoms. The van der Waals surface area contributed by atoms with Gasteiger partial charge in [0.2, 0.25) is 0 Å². The van der Waals surface area contributed by atoms with Gasteiger partial charge in [0, 0.05) is 5.69 Å². The van der Waals surface area contributed by atoms with Crippen molar-refractivity contribution in [3.05, 3.63) is 71.9 Å². The minimum atomic E-state index is -0.405. The van der Waals surface area contributed by atoms with Gasteiger partial charge in [-0.05, 0) is 55.5 Å². The first-order valence-corrected chi connectivity index (χ1v) is 8.93. The van der Waals surface area contributed by atoms with Gasteiger partial charge in [-0.15, -0.1) is 10.2 Å². The summed E-state index contributed by atoms with van der Waals surface area (Å²) in [7, 11) is 1.33. The number of carbonyl (C=O) groups is 2. The van der Waals surface area contributed by atoms with E-state index in [4.69, 9.17) is 4.74 Å². The lowest BCUT2D eigenvalue weighted by atomic mass is 10.2. The molecule has 0 saturated carbocycles. The van der Waals surface area contributed by atoms with Crippen LogP contribution in [0.2, 0.25) is 0 Å². The van der Waals surface area contributed by atoms with Crippen LogP contribution in [0, 0.1) is 0 Å². The van der Waals surface area contributed by atoms with Gasteiger partial charge in [0.1, 0.15) is 5.75 Å². The Morgan fingerprint density at radius 2 is 1.72 bits per heavy atom. The van der Waals surface area contributed by atoms with Crippen molar-refractivity contribution in [2.75, 3.05) is 24.4 Å². The summed E-state index contributed by atoms with van der Waals surface area (Å²) in [4.78, 5) is 23.9. The Bertz CT molecular complexity index is 988. The molecule has 0 aliphatic carbocycles. The fourth-order valence-corrected chi connectivity index (χ4v) is 2.51. The van der Waals surface area contributed by atoms with Gasteiger partial charge in [0.15, 0.2) is 11.5 Å². The van der Waals surface area contributed by atoms with E-state index < -0.39 is 11.9 Å². The average Bonchev–Trinajstić information content (AvgIpc) is 2.76. The minimum absolute atomic E-state index is 0.169. The number of carbonyl (C=O) groups excluding carboxylic acids is 2. The van der Waals surface area contributed by atoms with Crippen LogP contribution in [-0.4, -0.2) is 35.8 Å². The molecule has 0 saturated heterocycles. The van der Waals surface area contributed by atoms with Crippen molar-refractivity contribution in [1.29, 1.82) is 0 Å². The maximum absolute atomic E-state index is 12.4. The predicted molar refractivity (Wildman–Crippen MR) is 109 cm³/mol. The van der Waals surface area contributed by atoms with Crippen LogP contribution in [0.4, 0.5) is 17.2 Å². The van der Waals surface area contributed by atoms with Gasteiger partial charge in [-0.1, -0.05) is 12.1 Å². The van der Waals surface area contributed by atoms with Crippen molar-refractivity contribution >= 4 is 29.1 Å². The molecule has 0 fully saturated rings. The third-order valence-corrected chi connectivity index (χ3v) is 3.91. The van der Waals surface area contributed by atoms with Crippen LogP contribution in [0.3, 0.4) is 0 Å². The van der Waals surface area contributed by atoms with Gasteiger partial charge < -0.3 is 20.1 Å². The van der Waals surface area contributed by atoms with E-state index in [0.29, 0.717) is 29.4 Å². The number of esters is 1. The number of nitrogens with zero attached hydrogens (tertiary/aromatic N) is 2. The molecule has 8 nitrogen and oxygen atoms in total. The Labute approximate surface area is 167 Å². The van der Waals surface area contributed by atoms with E-state index in [1.54, 1.807) is 48.5 Å². The highest BCUT2D eigenvalue weighted by Gasteiger charge is 2.12. The number of amides is 1. The Balaban J connectivity index is 1.65. The predicted octanol–water partition coefficient (Wildman–Crippen LogP) is 3.66. The van der Waals surface area contributed by atoms with Gasteiger partial charge in [-0.3, -0.25) is 4.79 Å². The average molecular weight is 392 g/mol. The number of nitrogens with one attached hydrogen (secondary N) is 2. The third kappa shape index (κ3) is 5.07. The SMILES string of the molecule is CCOc1ccccc1NC(=O)c1ccc(Nc2ccc(C(=O)OC)cc2)nn1. The molecule has 1 amide bonds. The molecule has 1 aromatic heterocycles. The number of hydrogen-bond acceptors (Lipinski definition) is 7. The van der Waals surface area contributed by atoms with Crippen LogP contribution < -0.4 is 15.4 Å². The zero-order valence-corrected chi connectivity index (χ0v) is 16.0. The summed E-state index contributed by atoms with van der Waals surface area (Å²) in [6.07, 6.45) is 0. The van der Waals surface area contributed by atoms with E-state index in [1.165, 1.54) is 7.11 Å². The fourth-order valence-electron chi connectivity index (χ4n) is 2.51. The number of benzene rings is 2. The molecule has 0 unspecified atom stereocenters. The molecular weight excluding hydrogens is 372 g/mol. The second-order valence-corrected chi connectivity index (χ2v) is 5.88. The number of aromatic nitrogens is 2. The van der Waals surface area contributed by atoms with Gasteiger partial charge in [-0.2, -0.15) is 0 Å². The molecular formula is C21H20N4O4. The highest BCUT2D eigenvalue weighted by molar-refractivity contribution is 6.03. The van der Waals surface area contributed by atoms with E-state index in [9.17, 15) is 9.59 Å². The van der Waals surface area contributed by atoms with Crippen LogP contribution in [-0.2, 0) is 4.74 Å². The first kappa shape index (κ1) is 19.8. The number of methoxy groups -OCH3 is 1. The van der Waals surface area contributed by atoms with E-state index in [-0.39, 0.29) is 5.69 Å². The lowest BCUT2D eigenvalue weighted by Crippen LogP contribution is -2.15. The summed E-state index contributed by atoms with van der Waals surface area (Å²) in [6.45, 7) is 2.37. The Kier molecular flexibility index (Phi) is 6.36. The second kappa shape index (κ2) is 9.32. The molecule has 0 spiro atoms. The molecule has 3 aromatic rings. The van der Waals surface area contributed by atoms with Crippen LogP contribution >= 0.6 is 0 Å². The standard InChI is InChI=1S/C21H20N4O4/c1-3-29-18-7-5-4-6-16(18)23-20(26)17-12-13-19(25-24-17)22-15-10-8-14(9-11-15)21(27)28-2/h4-13H,3H2,1-2H3,(H,22,25)(H,23,26). The number of rotatable bonds is 7. The van der Waals surface area contributed by atoms with Gasteiger partial charge >= 0.3 is 5.97 Å². The zero-order chi connectivity index (χ0) is 20.6. The largest absolute Gasteiger partial charge is 0.492 e. The summed E-state index contributed by atoms with van der Waals surface area (Å²) < 4.78 is 10.2. The number of para-hydroxylation sites is 2. The molecule has 1 heterocycles. The summed E-state index contributed by atoms with van der Waals surface area (Å²) in [5.74, 6) is 0.253. The second-order valence-electron chi connectivity index (χ2n) is 5.88. The number of hydrogen-bond donors (Lipinski definition) is 2. The zero-order valence-electron chi connectivity index (χ0n) is 16.0. The van der Waals surface area contributed by atoms with Gasteiger partial charge in [0.05, 0.1) is 25.0 Å². The summed E-state index contributed by atoms with van der Waals surface area (Å²) in [6, 6.07) is 17.1. The lowest BCUT2D eigenvalue weighted by Gasteiger charge is -2.11. The van der Waals surface area contributed by atoms with Crippen LogP contribution in [0.1, 0.15) is 27.8 Å². The van der Waals surface area contributed by atoms with Crippen molar-refractivity contribution in [3.8, 4) is 5.75 Å². The highest BCUT2D eigenvalue weighted by Crippen LogP contribution is 2.24. The van der Waals surface area contributed by atoms with Gasteiger partial charge in [0.25, 0.3) is 5.91 Å². The monoisotopic (exact) mass is 392 g/mol. The molecule has 0 bridgehead atoms. The van der Waals surface area contributed by atoms with Crippen LogP contribution in [0.15, 0.2) is 60.7 Å². The van der Waals surface area contributed by atoms with E-state index in [2.05, 4.69) is 25.6 Å². The molecule has 0 aliphatic heterocycles. The smallest absolute Gasteiger partial charge is 0.337 e. The quantitative estimate of drug-likeness (QED) is 0.592. The number of anilines is 3. The Morgan fingerprint density at radius 1 is 0.966 bits per heavy atom. The first-order chi connectivity index (χ1) is 14.1. The summed E-state index contributed by atoms with van der Waals surface area (Å²) in [5.41, 5.74) is 1.90. The van der Waals surface area contributed by atoms with Crippen molar-refractivity contribution in [3.63, 3.8) is 0 Å². The molecule has 29 heavy (non-hydrogen) atoms. The van der Waals surface area contributed by atoms with Crippen LogP contribution in [0.5, 0.6) is 5.75 Å². The Hall–Kier alpha value is -3.94. The minimum Gasteiger partial charge on any atom is -0.492 e. The molecule has 2 aromatic carbocycles. The van der Waals surface area contributed by atoms with E-state index in [0.717, 1.165) is 5.69 Å². The fraction of sp³-hybridized carbons (Fsp3) is 0.143. The van der Waals surface area contributed by atoms with Crippen LogP contribution in [0.25, 0.3) is 0 Å². The lowest BCUT2D eigenvalue weighted by molar-refractivity contribution is 0.0600. The van der Waals surface area contributed by atoms with Gasteiger partial charge in [-0.25, -0.2) is 4.79 Å². The van der Waals surface area contributed by atoms with Crippen molar-refractivity contribution in [2.24, 2.45) is 0 Å². The third-order valence-electron chi connectivity index (χ3n) is 3.91. The maximum atomic E-state index is 12.4. The van der Waals surface area contributed by atoms with Crippen molar-refractivity contribution in [1.82, 2.24) is 10.2 Å². The molecule has 0 atom stereocenters. The summed E-state index contributed by atoms with van der Waals surface area (Å²) >= 11 is 0. The van der Waals surface area contributed by atoms with E-state index >= 15 is 0 Å². The molecule has 0 radical (unpaired) electrons. The molecule has 148 valence electrons. The molecule has 2 N–H and O–H groups in total. The van der Waals surface area contributed by atoms with Crippen molar-refractivity contribution in [2.45, 2.75) is 6.92 Å². The maximum Gasteiger partial charge on any atom is 0.337 e. The van der Waals surface area contributed by atoms with Crippen molar-refractivity contribution < 1.29 is 19.1 Å². The first-order valence-electron chi connectivity index (χ1n) is 8.93. The molecule has 0 aliphatic rings. The van der Waals surface area contributed by atoms with E-state index in [1.807, 2.05) is 19.1 Å². The Morgan fingerprint density at radius 3 is 2.38 bits per heavy atom. The number of ether oxygens (including phenoxy) is 2. The normalized spacial score (nSPS) is 10.1.